The Labute approximate surface area is 154 Å². The molecule has 0 aliphatic carbocycles. The van der Waals surface area contributed by atoms with Crippen molar-refractivity contribution in [3.05, 3.63) is 63.1 Å². The van der Waals surface area contributed by atoms with Gasteiger partial charge in [-0.05, 0) is 49.2 Å². The van der Waals surface area contributed by atoms with Crippen LogP contribution in [0.5, 0.6) is 10.8 Å². The molecule has 0 aliphatic heterocycles. The van der Waals surface area contributed by atoms with Crippen molar-refractivity contribution in [3.8, 4) is 28.1 Å². The van der Waals surface area contributed by atoms with Crippen molar-refractivity contribution >= 4 is 34.7 Å². The molecule has 0 spiro atoms. The number of hydrogen-bond acceptors (Lipinski definition) is 4. The third-order valence-corrected chi connectivity index (χ3v) is 4.78. The van der Waals surface area contributed by atoms with E-state index in [0.29, 0.717) is 37.7 Å². The van der Waals surface area contributed by atoms with E-state index in [-0.39, 0.29) is 0 Å². The topological polar surface area (TPSA) is 45.9 Å². The average molecular weight is 375 g/mol. The fourth-order valence-electron chi connectivity index (χ4n) is 2.23. The molecular weight excluding hydrogens is 363 g/mol. The third kappa shape index (κ3) is 3.25. The van der Waals surface area contributed by atoms with Crippen LogP contribution in [-0.4, -0.2) is 4.37 Å². The van der Waals surface area contributed by atoms with Gasteiger partial charge in [0, 0.05) is 22.1 Å². The highest BCUT2D eigenvalue weighted by atomic mass is 35.5. The Morgan fingerprint density at radius 2 is 1.92 bits per heavy atom. The smallest absolute Gasteiger partial charge is 0.218 e. The third-order valence-electron chi connectivity index (χ3n) is 3.51. The molecule has 0 N–H and O–H groups in total. The number of nitrogens with zero attached hydrogens (tertiary/aromatic N) is 2. The van der Waals surface area contributed by atoms with Gasteiger partial charge in [-0.3, -0.25) is 0 Å². The molecule has 3 rings (SSSR count). The second-order valence-corrected chi connectivity index (χ2v) is 6.88. The van der Waals surface area contributed by atoms with E-state index in [0.717, 1.165) is 22.7 Å². The van der Waals surface area contributed by atoms with Crippen LogP contribution in [-0.2, 0) is 0 Å². The van der Waals surface area contributed by atoms with Crippen LogP contribution < -0.4 is 4.74 Å². The van der Waals surface area contributed by atoms with Gasteiger partial charge in [0.05, 0.1) is 5.02 Å². The maximum atomic E-state index is 9.56. The van der Waals surface area contributed by atoms with E-state index in [4.69, 9.17) is 27.9 Å². The average Bonchev–Trinajstić information content (AvgIpc) is 2.93. The lowest BCUT2D eigenvalue weighted by Crippen LogP contribution is -1.89. The molecule has 1 heterocycles. The normalized spacial score (nSPS) is 10.5. The molecule has 0 aliphatic rings. The summed E-state index contributed by atoms with van der Waals surface area (Å²) < 4.78 is 10.3. The molecule has 0 saturated carbocycles. The zero-order valence-corrected chi connectivity index (χ0v) is 15.3. The lowest BCUT2D eigenvalue weighted by molar-refractivity contribution is 0.491. The number of nitriles is 1. The summed E-state index contributed by atoms with van der Waals surface area (Å²) in [4.78, 5) is 0. The molecule has 120 valence electrons. The van der Waals surface area contributed by atoms with Gasteiger partial charge in [0.1, 0.15) is 23.1 Å². The molecule has 3 aromatic rings. The van der Waals surface area contributed by atoms with Gasteiger partial charge in [-0.2, -0.15) is 9.64 Å². The first kappa shape index (κ1) is 16.8. The summed E-state index contributed by atoms with van der Waals surface area (Å²) >= 11 is 13.3. The van der Waals surface area contributed by atoms with Gasteiger partial charge < -0.3 is 4.74 Å². The quantitative estimate of drug-likeness (QED) is 0.532. The van der Waals surface area contributed by atoms with Gasteiger partial charge in [-0.25, -0.2) is 0 Å². The van der Waals surface area contributed by atoms with E-state index in [1.165, 1.54) is 0 Å². The Hall–Kier alpha value is -2.06. The molecule has 6 heteroatoms. The van der Waals surface area contributed by atoms with Crippen LogP contribution in [0, 0.1) is 25.2 Å². The minimum absolute atomic E-state index is 0.366. The van der Waals surface area contributed by atoms with Crippen molar-refractivity contribution in [2.75, 3.05) is 0 Å². The van der Waals surface area contributed by atoms with Crippen LogP contribution in [0.3, 0.4) is 0 Å². The molecule has 1 aromatic heterocycles. The van der Waals surface area contributed by atoms with Crippen molar-refractivity contribution in [1.82, 2.24) is 4.37 Å². The Bertz CT molecular complexity index is 960. The Morgan fingerprint density at radius 3 is 2.62 bits per heavy atom. The van der Waals surface area contributed by atoms with E-state index in [9.17, 15) is 5.26 Å². The van der Waals surface area contributed by atoms with Gasteiger partial charge in [-0.1, -0.05) is 35.3 Å². The summed E-state index contributed by atoms with van der Waals surface area (Å²) in [6, 6.07) is 13.2. The van der Waals surface area contributed by atoms with Crippen molar-refractivity contribution in [1.29, 1.82) is 5.26 Å². The summed E-state index contributed by atoms with van der Waals surface area (Å²) in [6.45, 7) is 3.95. The van der Waals surface area contributed by atoms with Gasteiger partial charge in [0.2, 0.25) is 5.06 Å². The monoisotopic (exact) mass is 374 g/mol. The number of hydrogen-bond donors (Lipinski definition) is 0. The van der Waals surface area contributed by atoms with Gasteiger partial charge in [0.25, 0.3) is 0 Å². The zero-order chi connectivity index (χ0) is 17.3. The van der Waals surface area contributed by atoms with E-state index in [2.05, 4.69) is 10.4 Å². The lowest BCUT2D eigenvalue weighted by Gasteiger charge is -2.08. The fraction of sp³-hybridized carbons (Fsp3) is 0.111. The molecule has 0 saturated heterocycles. The lowest BCUT2D eigenvalue weighted by atomic mass is 10.1. The van der Waals surface area contributed by atoms with E-state index in [1.807, 2.05) is 32.0 Å². The number of aromatic nitrogens is 1. The Morgan fingerprint density at radius 1 is 1.12 bits per heavy atom. The first-order chi connectivity index (χ1) is 11.5. The molecular formula is C18H12Cl2N2OS. The van der Waals surface area contributed by atoms with Gasteiger partial charge >= 0.3 is 0 Å². The molecule has 0 bridgehead atoms. The Balaban J connectivity index is 2.04. The van der Waals surface area contributed by atoms with Crippen molar-refractivity contribution in [3.63, 3.8) is 0 Å². The molecule has 0 atom stereocenters. The molecule has 2 aromatic carbocycles. The van der Waals surface area contributed by atoms with E-state index < -0.39 is 0 Å². The Kier molecular flexibility index (Phi) is 4.77. The van der Waals surface area contributed by atoms with Crippen LogP contribution in [0.4, 0.5) is 0 Å². The van der Waals surface area contributed by atoms with Crippen LogP contribution >= 0.6 is 34.7 Å². The van der Waals surface area contributed by atoms with Crippen LogP contribution in [0.1, 0.15) is 16.7 Å². The molecule has 24 heavy (non-hydrogen) atoms. The first-order valence-electron chi connectivity index (χ1n) is 7.10. The summed E-state index contributed by atoms with van der Waals surface area (Å²) in [7, 11) is 0. The largest absolute Gasteiger partial charge is 0.443 e. The van der Waals surface area contributed by atoms with E-state index in [1.54, 1.807) is 18.2 Å². The molecule has 0 unspecified atom stereocenters. The summed E-state index contributed by atoms with van der Waals surface area (Å²) in [5, 5.41) is 11.0. The first-order valence-corrected chi connectivity index (χ1v) is 8.63. The van der Waals surface area contributed by atoms with Crippen molar-refractivity contribution in [2.45, 2.75) is 13.8 Å². The number of ether oxygens (including phenoxy) is 1. The predicted molar refractivity (Wildman–Crippen MR) is 98.3 cm³/mol. The highest BCUT2D eigenvalue weighted by Crippen LogP contribution is 2.40. The predicted octanol–water partition coefficient (Wildman–Crippen LogP) is 6.40. The SMILES string of the molecule is Cc1ccc(C)c(Oc2snc(-c3ccc(Cl)cc3Cl)c2C#N)c1. The van der Waals surface area contributed by atoms with Crippen LogP contribution in [0.2, 0.25) is 10.0 Å². The highest BCUT2D eigenvalue weighted by Gasteiger charge is 2.19. The van der Waals surface area contributed by atoms with Crippen molar-refractivity contribution < 1.29 is 4.74 Å². The van der Waals surface area contributed by atoms with Gasteiger partial charge in [-0.15, -0.1) is 0 Å². The zero-order valence-electron chi connectivity index (χ0n) is 12.9. The summed E-state index contributed by atoms with van der Waals surface area (Å²) in [6.07, 6.45) is 0. The summed E-state index contributed by atoms with van der Waals surface area (Å²) in [5.74, 6) is 0.712. The molecule has 0 radical (unpaired) electrons. The molecule has 0 fully saturated rings. The standard InChI is InChI=1S/C18H12Cl2N2OS/c1-10-3-4-11(2)16(7-10)23-18-14(9-21)17(22-24-18)13-6-5-12(19)8-15(13)20/h3-8H,1-2H3. The number of halogens is 2. The number of aryl methyl sites for hydroxylation is 2. The molecule has 3 nitrogen and oxygen atoms in total. The number of benzene rings is 2. The minimum Gasteiger partial charge on any atom is -0.443 e. The minimum atomic E-state index is 0.366. The molecule has 0 amide bonds. The fourth-order valence-corrected chi connectivity index (χ4v) is 3.45. The van der Waals surface area contributed by atoms with Gasteiger partial charge in [0.15, 0.2) is 0 Å². The highest BCUT2D eigenvalue weighted by molar-refractivity contribution is 7.08. The second kappa shape index (κ2) is 6.82. The maximum Gasteiger partial charge on any atom is 0.218 e. The van der Waals surface area contributed by atoms with E-state index >= 15 is 0 Å². The second-order valence-electron chi connectivity index (χ2n) is 5.30. The number of rotatable bonds is 3. The van der Waals surface area contributed by atoms with Crippen molar-refractivity contribution in [2.24, 2.45) is 0 Å². The maximum absolute atomic E-state index is 9.56. The van der Waals surface area contributed by atoms with Crippen LogP contribution in [0.15, 0.2) is 36.4 Å². The summed E-state index contributed by atoms with van der Waals surface area (Å²) in [5.41, 5.74) is 3.60. The van der Waals surface area contributed by atoms with Crippen LogP contribution in [0.25, 0.3) is 11.3 Å².